The van der Waals surface area contributed by atoms with Gasteiger partial charge in [-0.3, -0.25) is 0 Å². The lowest BCUT2D eigenvalue weighted by molar-refractivity contribution is 0.456. The molecule has 5 heteroatoms. The average Bonchev–Trinajstić information content (AvgIpc) is 2.75. The van der Waals surface area contributed by atoms with Crippen LogP contribution in [0.1, 0.15) is 6.92 Å². The van der Waals surface area contributed by atoms with Crippen LogP contribution in [0.15, 0.2) is 31.0 Å². The maximum atomic E-state index is 3.91. The van der Waals surface area contributed by atoms with Crippen molar-refractivity contribution >= 4 is 11.2 Å². The molecule has 5 nitrogen and oxygen atoms in total. The molecule has 0 aliphatic heterocycles. The van der Waals surface area contributed by atoms with Crippen LogP contribution in [0.3, 0.4) is 0 Å². The highest BCUT2D eigenvalue weighted by Crippen LogP contribution is 1.99. The number of nitrogens with zero attached hydrogens (tertiary/aromatic N) is 4. The largest absolute Gasteiger partial charge is 0.342 e. The van der Waals surface area contributed by atoms with Crippen LogP contribution in [0, 0.1) is 0 Å². The summed E-state index contributed by atoms with van der Waals surface area (Å²) < 4.78 is 0. The molecule has 0 saturated carbocycles. The van der Waals surface area contributed by atoms with Crippen LogP contribution < -0.4 is 0 Å². The first-order valence-corrected chi connectivity index (χ1v) is 5.09. The maximum Gasteiger partial charge on any atom is 0.180 e. The summed E-state index contributed by atoms with van der Waals surface area (Å²) in [5.74, 6) is 0. The first-order valence-electron chi connectivity index (χ1n) is 5.09. The summed E-state index contributed by atoms with van der Waals surface area (Å²) in [7, 11) is 4.11. The number of hydrogen-bond acceptors (Lipinski definition) is 4. The van der Waals surface area contributed by atoms with Crippen LogP contribution in [0.4, 0.5) is 0 Å². The highest BCUT2D eigenvalue weighted by Gasteiger charge is 1.91. The summed E-state index contributed by atoms with van der Waals surface area (Å²) in [5.41, 5.74) is 1.59. The Morgan fingerprint density at radius 3 is 2.75 bits per heavy atom. The molecule has 0 fully saturated rings. The number of fused-ring (bicyclic) bond motifs is 1. The van der Waals surface area contributed by atoms with Gasteiger partial charge >= 0.3 is 0 Å². The lowest BCUT2D eigenvalue weighted by atomic mass is 10.5. The zero-order valence-corrected chi connectivity index (χ0v) is 9.88. The number of nitrogens with one attached hydrogen (secondary N) is 1. The second-order valence-corrected chi connectivity index (χ2v) is 3.49. The summed E-state index contributed by atoms with van der Waals surface area (Å²) in [4.78, 5) is 16.6. The molecule has 16 heavy (non-hydrogen) atoms. The molecule has 0 bridgehead atoms. The third-order valence-corrected chi connectivity index (χ3v) is 1.80. The highest BCUT2D eigenvalue weighted by molar-refractivity contribution is 5.67. The molecule has 2 rings (SSSR count). The fourth-order valence-corrected chi connectivity index (χ4v) is 1.01. The van der Waals surface area contributed by atoms with Gasteiger partial charge in [-0.2, -0.15) is 0 Å². The number of H-pyrrole nitrogens is 1. The maximum absolute atomic E-state index is 3.91. The Morgan fingerprint density at radius 1 is 1.38 bits per heavy atom. The minimum absolute atomic E-state index is 0.713. The van der Waals surface area contributed by atoms with Gasteiger partial charge in [0.15, 0.2) is 5.65 Å². The van der Waals surface area contributed by atoms with Gasteiger partial charge in [0, 0.05) is 6.54 Å². The van der Waals surface area contributed by atoms with E-state index < -0.39 is 0 Å². The van der Waals surface area contributed by atoms with E-state index in [2.05, 4.69) is 51.1 Å². The lowest BCUT2D eigenvalue weighted by Gasteiger charge is -2.02. The third-order valence-electron chi connectivity index (χ3n) is 1.80. The molecule has 0 amide bonds. The highest BCUT2D eigenvalue weighted by atomic mass is 15.0. The molecular weight excluding hydrogens is 202 g/mol. The number of imidazole rings is 1. The van der Waals surface area contributed by atoms with Crippen molar-refractivity contribution in [3.8, 4) is 0 Å². The normalized spacial score (nSPS) is 10.8. The van der Waals surface area contributed by atoms with Gasteiger partial charge in [-0.25, -0.2) is 15.0 Å². The minimum atomic E-state index is 0.713. The number of aromatic nitrogens is 4. The number of aromatic amines is 1. The Labute approximate surface area is 95.2 Å². The summed E-state index contributed by atoms with van der Waals surface area (Å²) >= 11 is 0. The molecule has 86 valence electrons. The fourth-order valence-electron chi connectivity index (χ4n) is 1.01. The summed E-state index contributed by atoms with van der Waals surface area (Å²) in [6.45, 7) is 3.08. The molecule has 0 saturated heterocycles. The van der Waals surface area contributed by atoms with Gasteiger partial charge in [-0.1, -0.05) is 12.2 Å². The van der Waals surface area contributed by atoms with Crippen molar-refractivity contribution in [1.82, 2.24) is 24.8 Å². The Hall–Kier alpha value is -1.75. The molecule has 0 radical (unpaired) electrons. The van der Waals surface area contributed by atoms with E-state index in [4.69, 9.17) is 0 Å². The van der Waals surface area contributed by atoms with Crippen molar-refractivity contribution in [3.63, 3.8) is 0 Å². The zero-order valence-electron chi connectivity index (χ0n) is 9.88. The quantitative estimate of drug-likeness (QED) is 0.777. The Kier molecular flexibility index (Phi) is 5.15. The second-order valence-electron chi connectivity index (χ2n) is 3.49. The van der Waals surface area contributed by atoms with E-state index in [9.17, 15) is 0 Å². The summed E-state index contributed by atoms with van der Waals surface area (Å²) in [6, 6.07) is 0. The summed E-state index contributed by atoms with van der Waals surface area (Å²) in [5, 5.41) is 0. The van der Waals surface area contributed by atoms with Crippen molar-refractivity contribution in [2.24, 2.45) is 0 Å². The van der Waals surface area contributed by atoms with Crippen molar-refractivity contribution in [2.45, 2.75) is 6.92 Å². The van der Waals surface area contributed by atoms with E-state index in [1.54, 1.807) is 12.5 Å². The second kappa shape index (κ2) is 6.68. The van der Waals surface area contributed by atoms with Gasteiger partial charge in [0.05, 0.1) is 12.5 Å². The molecule has 0 aliphatic carbocycles. The van der Waals surface area contributed by atoms with Crippen molar-refractivity contribution < 1.29 is 0 Å². The molecule has 0 unspecified atom stereocenters. The van der Waals surface area contributed by atoms with Gasteiger partial charge in [0.1, 0.15) is 11.8 Å². The van der Waals surface area contributed by atoms with Gasteiger partial charge < -0.3 is 9.88 Å². The van der Waals surface area contributed by atoms with E-state index in [1.165, 1.54) is 6.33 Å². The minimum Gasteiger partial charge on any atom is -0.342 e. The molecule has 0 atom stereocenters. The van der Waals surface area contributed by atoms with Crippen LogP contribution in [-0.4, -0.2) is 45.5 Å². The SMILES string of the molecule is CC=CCN(C)C.c1ncc2[nH]cnc2n1. The first kappa shape index (κ1) is 12.3. The van der Waals surface area contributed by atoms with E-state index in [-0.39, 0.29) is 0 Å². The molecule has 0 aromatic carbocycles. The van der Waals surface area contributed by atoms with Crippen LogP contribution in [0.2, 0.25) is 0 Å². The van der Waals surface area contributed by atoms with E-state index in [0.29, 0.717) is 5.65 Å². The summed E-state index contributed by atoms with van der Waals surface area (Å²) in [6.07, 6.45) is 8.94. The van der Waals surface area contributed by atoms with Crippen LogP contribution in [0.5, 0.6) is 0 Å². The first-order chi connectivity index (χ1) is 7.74. The smallest absolute Gasteiger partial charge is 0.180 e. The average molecular weight is 219 g/mol. The zero-order chi connectivity index (χ0) is 11.8. The molecule has 0 aliphatic rings. The Bertz CT molecular complexity index is 402. The molecule has 2 aromatic rings. The van der Waals surface area contributed by atoms with Gasteiger partial charge in [-0.05, 0) is 21.0 Å². The van der Waals surface area contributed by atoms with Gasteiger partial charge in [-0.15, -0.1) is 0 Å². The number of hydrogen-bond donors (Lipinski definition) is 1. The number of rotatable bonds is 2. The van der Waals surface area contributed by atoms with Crippen molar-refractivity contribution in [3.05, 3.63) is 31.0 Å². The predicted molar refractivity (Wildman–Crippen MR) is 65.1 cm³/mol. The topological polar surface area (TPSA) is 57.7 Å². The van der Waals surface area contributed by atoms with Crippen LogP contribution in [0.25, 0.3) is 11.2 Å². The molecule has 2 heterocycles. The Balaban J connectivity index is 0.000000168. The van der Waals surface area contributed by atoms with Crippen molar-refractivity contribution in [1.29, 1.82) is 0 Å². The Morgan fingerprint density at radius 2 is 2.19 bits per heavy atom. The standard InChI is InChI=1S/C6H13N.C5H4N4/c1-4-5-6-7(2)3;1-4-5(8-2-6-1)9-3-7-4/h4-5H,6H2,1-3H3;1-3H,(H,6,7,8,9). The van der Waals surface area contributed by atoms with Gasteiger partial charge in [0.2, 0.25) is 0 Å². The van der Waals surface area contributed by atoms with E-state index >= 15 is 0 Å². The van der Waals surface area contributed by atoms with Gasteiger partial charge in [0.25, 0.3) is 0 Å². The van der Waals surface area contributed by atoms with Crippen LogP contribution >= 0.6 is 0 Å². The number of likely N-dealkylation sites (N-methyl/N-ethyl adjacent to an activating group) is 1. The van der Waals surface area contributed by atoms with Crippen LogP contribution in [-0.2, 0) is 0 Å². The monoisotopic (exact) mass is 219 g/mol. The molecule has 0 spiro atoms. The molecular formula is C11H17N5. The third kappa shape index (κ3) is 4.18. The lowest BCUT2D eigenvalue weighted by Crippen LogP contribution is -2.10. The predicted octanol–water partition coefficient (Wildman–Crippen LogP) is 1.48. The fraction of sp³-hybridized carbons (Fsp3) is 0.364. The van der Waals surface area contributed by atoms with E-state index in [0.717, 1.165) is 12.1 Å². The van der Waals surface area contributed by atoms with Crippen molar-refractivity contribution in [2.75, 3.05) is 20.6 Å². The molecule has 1 N–H and O–H groups in total. The molecule has 2 aromatic heterocycles. The number of allylic oxidation sites excluding steroid dienone is 1. The van der Waals surface area contributed by atoms with E-state index in [1.807, 2.05) is 6.92 Å².